The summed E-state index contributed by atoms with van der Waals surface area (Å²) in [6, 6.07) is 11.7. The number of allylic oxidation sites excluding steroid dienone is 1. The number of hydrogen-bond donors (Lipinski definition) is 0. The SMILES string of the molecule is C.C=CC#N.C=CC(=O)OCCCC.C=Cc1ccccc1. The van der Waals surface area contributed by atoms with Crippen molar-refractivity contribution in [3.8, 4) is 6.07 Å². The zero-order valence-corrected chi connectivity index (χ0v) is 12.6. The third-order valence-electron chi connectivity index (χ3n) is 2.04. The van der Waals surface area contributed by atoms with Gasteiger partial charge < -0.3 is 4.74 Å². The van der Waals surface area contributed by atoms with Gasteiger partial charge in [0.25, 0.3) is 0 Å². The van der Waals surface area contributed by atoms with Crippen LogP contribution in [0.4, 0.5) is 0 Å². The van der Waals surface area contributed by atoms with E-state index >= 15 is 0 Å². The molecule has 0 bridgehead atoms. The molecule has 0 atom stereocenters. The Balaban J connectivity index is -0.000000257. The van der Waals surface area contributed by atoms with Crippen LogP contribution in [0, 0.1) is 11.3 Å². The lowest BCUT2D eigenvalue weighted by atomic mass is 10.2. The van der Waals surface area contributed by atoms with Gasteiger partial charge in [-0.1, -0.05) is 76.9 Å². The summed E-state index contributed by atoms with van der Waals surface area (Å²) < 4.78 is 4.67. The molecule has 0 aliphatic rings. The van der Waals surface area contributed by atoms with Crippen LogP contribution in [-0.4, -0.2) is 12.6 Å². The number of carbonyl (C=O) groups excluding carboxylic acids is 1. The van der Waals surface area contributed by atoms with Crippen molar-refractivity contribution < 1.29 is 9.53 Å². The number of nitrogens with zero attached hydrogens (tertiary/aromatic N) is 1. The Morgan fingerprint density at radius 3 is 2.14 bits per heavy atom. The summed E-state index contributed by atoms with van der Waals surface area (Å²) in [7, 11) is 0. The Morgan fingerprint density at radius 1 is 1.27 bits per heavy atom. The van der Waals surface area contributed by atoms with Crippen LogP contribution in [0.25, 0.3) is 6.08 Å². The molecule has 1 aromatic rings. The second kappa shape index (κ2) is 20.7. The molecule has 0 saturated heterocycles. The number of nitriles is 1. The van der Waals surface area contributed by atoms with Gasteiger partial charge in [0.05, 0.1) is 12.7 Å². The van der Waals surface area contributed by atoms with Crippen molar-refractivity contribution in [2.45, 2.75) is 27.2 Å². The van der Waals surface area contributed by atoms with Crippen molar-refractivity contribution in [3.05, 3.63) is 67.8 Å². The van der Waals surface area contributed by atoms with E-state index in [2.05, 4.69) is 24.5 Å². The van der Waals surface area contributed by atoms with E-state index in [9.17, 15) is 4.79 Å². The van der Waals surface area contributed by atoms with Gasteiger partial charge in [-0.2, -0.15) is 5.26 Å². The van der Waals surface area contributed by atoms with Crippen LogP contribution < -0.4 is 0 Å². The van der Waals surface area contributed by atoms with Gasteiger partial charge in [-0.25, -0.2) is 4.79 Å². The molecule has 0 aliphatic heterocycles. The summed E-state index contributed by atoms with van der Waals surface area (Å²) >= 11 is 0. The molecule has 3 heteroatoms. The van der Waals surface area contributed by atoms with E-state index in [1.807, 2.05) is 43.3 Å². The molecule has 22 heavy (non-hydrogen) atoms. The van der Waals surface area contributed by atoms with E-state index in [1.165, 1.54) is 17.7 Å². The molecule has 0 fully saturated rings. The Kier molecular flexibility index (Phi) is 23.0. The van der Waals surface area contributed by atoms with Crippen LogP contribution in [0.2, 0.25) is 0 Å². The molecule has 0 heterocycles. The second-order valence-electron chi connectivity index (χ2n) is 3.67. The predicted molar refractivity (Wildman–Crippen MR) is 95.1 cm³/mol. The van der Waals surface area contributed by atoms with Gasteiger partial charge in [0.1, 0.15) is 0 Å². The Morgan fingerprint density at radius 2 is 1.82 bits per heavy atom. The number of benzene rings is 1. The highest BCUT2D eigenvalue weighted by molar-refractivity contribution is 5.81. The van der Waals surface area contributed by atoms with Gasteiger partial charge >= 0.3 is 5.97 Å². The second-order valence-corrected chi connectivity index (χ2v) is 3.67. The maximum Gasteiger partial charge on any atom is 0.330 e. The topological polar surface area (TPSA) is 50.1 Å². The molecule has 0 N–H and O–H groups in total. The lowest BCUT2D eigenvalue weighted by Gasteiger charge is -1.97. The minimum atomic E-state index is -0.330. The largest absolute Gasteiger partial charge is 0.463 e. The van der Waals surface area contributed by atoms with Crippen molar-refractivity contribution in [2.75, 3.05) is 6.61 Å². The van der Waals surface area contributed by atoms with Crippen LogP contribution in [0.5, 0.6) is 0 Å². The van der Waals surface area contributed by atoms with Gasteiger partial charge in [-0.3, -0.25) is 0 Å². The first-order valence-electron chi connectivity index (χ1n) is 6.63. The average Bonchev–Trinajstić information content (AvgIpc) is 2.56. The van der Waals surface area contributed by atoms with E-state index in [0.717, 1.165) is 12.8 Å². The van der Waals surface area contributed by atoms with E-state index in [4.69, 9.17) is 5.26 Å². The first-order chi connectivity index (χ1) is 10.2. The van der Waals surface area contributed by atoms with Gasteiger partial charge in [0, 0.05) is 12.2 Å². The minimum absolute atomic E-state index is 0. The Hall–Kier alpha value is -2.60. The monoisotopic (exact) mass is 301 g/mol. The fourth-order valence-electron chi connectivity index (χ4n) is 0.965. The summed E-state index contributed by atoms with van der Waals surface area (Å²) in [5.41, 5.74) is 1.17. The zero-order chi connectivity index (χ0) is 16.3. The third kappa shape index (κ3) is 19.7. The zero-order valence-electron chi connectivity index (χ0n) is 12.6. The molecule has 0 aliphatic carbocycles. The number of hydrogen-bond acceptors (Lipinski definition) is 3. The molecule has 120 valence electrons. The summed E-state index contributed by atoms with van der Waals surface area (Å²) in [4.78, 5) is 10.3. The summed E-state index contributed by atoms with van der Waals surface area (Å²) in [6.07, 6.45) is 6.17. The van der Waals surface area contributed by atoms with Crippen LogP contribution in [0.3, 0.4) is 0 Å². The van der Waals surface area contributed by atoms with E-state index in [0.29, 0.717) is 6.61 Å². The van der Waals surface area contributed by atoms with Gasteiger partial charge in [-0.05, 0) is 12.0 Å². The van der Waals surface area contributed by atoms with Crippen LogP contribution in [0.15, 0.2) is 62.2 Å². The van der Waals surface area contributed by atoms with E-state index in [-0.39, 0.29) is 13.4 Å². The molecular weight excluding hydrogens is 274 g/mol. The molecule has 1 rings (SSSR count). The highest BCUT2D eigenvalue weighted by Crippen LogP contribution is 1.97. The fourth-order valence-corrected chi connectivity index (χ4v) is 0.965. The molecule has 0 saturated carbocycles. The molecule has 1 aromatic carbocycles. The Labute approximate surface area is 135 Å². The predicted octanol–water partition coefficient (Wildman–Crippen LogP) is 5.18. The maximum absolute atomic E-state index is 10.3. The van der Waals surface area contributed by atoms with Crippen LogP contribution in [-0.2, 0) is 9.53 Å². The van der Waals surface area contributed by atoms with Crippen LogP contribution in [0.1, 0.15) is 32.8 Å². The van der Waals surface area contributed by atoms with Crippen molar-refractivity contribution >= 4 is 12.0 Å². The lowest BCUT2D eigenvalue weighted by molar-refractivity contribution is -0.137. The highest BCUT2D eigenvalue weighted by Gasteiger charge is 1.91. The number of carbonyl (C=O) groups is 1. The lowest BCUT2D eigenvalue weighted by Crippen LogP contribution is -2.00. The molecule has 0 aromatic heterocycles. The minimum Gasteiger partial charge on any atom is -0.463 e. The quantitative estimate of drug-likeness (QED) is 0.326. The van der Waals surface area contributed by atoms with Crippen molar-refractivity contribution in [2.24, 2.45) is 0 Å². The first-order valence-corrected chi connectivity index (χ1v) is 6.63. The number of rotatable bonds is 5. The van der Waals surface area contributed by atoms with Crippen molar-refractivity contribution in [1.82, 2.24) is 0 Å². The van der Waals surface area contributed by atoms with Gasteiger partial charge in [0.2, 0.25) is 0 Å². The molecule has 0 amide bonds. The van der Waals surface area contributed by atoms with Gasteiger partial charge in [0.15, 0.2) is 0 Å². The highest BCUT2D eigenvalue weighted by atomic mass is 16.5. The van der Waals surface area contributed by atoms with E-state index < -0.39 is 0 Å². The molecule has 0 unspecified atom stereocenters. The number of ether oxygens (including phenoxy) is 1. The third-order valence-corrected chi connectivity index (χ3v) is 2.04. The van der Waals surface area contributed by atoms with Gasteiger partial charge in [-0.15, -0.1) is 0 Å². The van der Waals surface area contributed by atoms with E-state index in [1.54, 1.807) is 6.07 Å². The van der Waals surface area contributed by atoms with Crippen molar-refractivity contribution in [1.29, 1.82) is 5.26 Å². The van der Waals surface area contributed by atoms with Crippen molar-refractivity contribution in [3.63, 3.8) is 0 Å². The molecular formula is C19H27NO2. The fraction of sp³-hybridized carbons (Fsp3) is 0.263. The Bertz CT molecular complexity index is 444. The summed E-state index contributed by atoms with van der Waals surface area (Å²) in [5.74, 6) is -0.330. The summed E-state index contributed by atoms with van der Waals surface area (Å²) in [5, 5.41) is 7.51. The average molecular weight is 301 g/mol. The standard InChI is InChI=1S/C8H8.C7H12O2.C3H3N.CH4/c1-2-8-6-4-3-5-7-8;1-3-5-6-9-7(8)4-2;1-2-3-4;/h2-7H,1H2;4H,2-3,5-6H2,1H3;2H,1H2;1H4. The normalized spacial score (nSPS) is 7.27. The van der Waals surface area contributed by atoms with Crippen LogP contribution >= 0.6 is 0 Å². The summed E-state index contributed by atoms with van der Waals surface area (Å²) in [6.45, 7) is 12.6. The molecule has 0 spiro atoms. The smallest absolute Gasteiger partial charge is 0.330 e. The number of unbranched alkanes of at least 4 members (excludes halogenated alkanes) is 1. The number of esters is 1. The first kappa shape index (κ1) is 24.4. The maximum atomic E-state index is 10.3. The molecule has 3 nitrogen and oxygen atoms in total. The molecule has 0 radical (unpaired) electrons.